The summed E-state index contributed by atoms with van der Waals surface area (Å²) in [7, 11) is -2.98. The van der Waals surface area contributed by atoms with Gasteiger partial charge in [-0.25, -0.2) is 12.8 Å². The first-order valence-electron chi connectivity index (χ1n) is 10.3. The fourth-order valence-electron chi connectivity index (χ4n) is 3.35. The molecule has 1 unspecified atom stereocenters. The van der Waals surface area contributed by atoms with Crippen LogP contribution in [0.2, 0.25) is 0 Å². The van der Waals surface area contributed by atoms with Crippen LogP contribution in [0.1, 0.15) is 40.0 Å². The van der Waals surface area contributed by atoms with Gasteiger partial charge in [0, 0.05) is 44.2 Å². The van der Waals surface area contributed by atoms with Crippen molar-refractivity contribution in [3.8, 4) is 0 Å². The first-order chi connectivity index (χ1) is 13.6. The largest absolute Gasteiger partial charge is 0.369 e. The molecule has 6 nitrogen and oxygen atoms in total. The fourth-order valence-corrected chi connectivity index (χ4v) is 4.27. The van der Waals surface area contributed by atoms with Crippen LogP contribution in [0.25, 0.3) is 0 Å². The van der Waals surface area contributed by atoms with Crippen LogP contribution in [-0.2, 0) is 9.84 Å². The average Bonchev–Trinajstić information content (AvgIpc) is 2.65. The molecule has 172 valence electrons. The molecule has 1 aliphatic heterocycles. The van der Waals surface area contributed by atoms with E-state index in [0.29, 0.717) is 13.0 Å². The van der Waals surface area contributed by atoms with Gasteiger partial charge in [0.1, 0.15) is 15.7 Å². The van der Waals surface area contributed by atoms with Gasteiger partial charge in [0.05, 0.1) is 5.75 Å². The molecule has 0 saturated carbocycles. The van der Waals surface area contributed by atoms with Crippen LogP contribution in [0.4, 0.5) is 10.1 Å². The van der Waals surface area contributed by atoms with E-state index in [1.807, 2.05) is 26.8 Å². The summed E-state index contributed by atoms with van der Waals surface area (Å²) in [5, 5.41) is 6.78. The molecule has 1 aromatic carbocycles. The molecule has 0 bridgehead atoms. The van der Waals surface area contributed by atoms with Gasteiger partial charge >= 0.3 is 0 Å². The number of aliphatic imine (C=N–C) groups is 1. The number of guanidine groups is 1. The van der Waals surface area contributed by atoms with Crippen molar-refractivity contribution in [1.29, 1.82) is 0 Å². The molecular formula is C21H36FIN4O2S. The summed E-state index contributed by atoms with van der Waals surface area (Å²) in [6.45, 7) is 9.08. The van der Waals surface area contributed by atoms with E-state index in [2.05, 4.69) is 15.5 Å². The first kappa shape index (κ1) is 26.9. The number of anilines is 1. The summed E-state index contributed by atoms with van der Waals surface area (Å²) in [6.07, 6.45) is 3.89. The van der Waals surface area contributed by atoms with Gasteiger partial charge in [-0.05, 0) is 49.8 Å². The molecule has 0 amide bonds. The van der Waals surface area contributed by atoms with Crippen molar-refractivity contribution in [2.24, 2.45) is 10.4 Å². The number of halogens is 2. The van der Waals surface area contributed by atoms with Crippen molar-refractivity contribution in [2.75, 3.05) is 43.1 Å². The molecule has 1 atom stereocenters. The Morgan fingerprint density at radius 2 is 2.10 bits per heavy atom. The van der Waals surface area contributed by atoms with E-state index in [9.17, 15) is 12.8 Å². The number of nitrogens with one attached hydrogen (secondary N) is 2. The van der Waals surface area contributed by atoms with Crippen LogP contribution >= 0.6 is 24.0 Å². The zero-order valence-corrected chi connectivity index (χ0v) is 21.6. The standard InChI is InChI=1S/C21H35FN4O2S.HI/c1-5-23-20(24-16-21(2,3)11-13-29(4,27)28)25-18-9-7-12-26(15-18)19-10-6-8-17(22)14-19;/h6,8,10,14,18H,5,7,9,11-13,15-16H2,1-4H3,(H2,23,24,25);1H. The third-order valence-corrected chi connectivity index (χ3v) is 6.04. The highest BCUT2D eigenvalue weighted by Crippen LogP contribution is 2.22. The summed E-state index contributed by atoms with van der Waals surface area (Å²) >= 11 is 0. The highest BCUT2D eigenvalue weighted by molar-refractivity contribution is 14.0. The molecule has 2 rings (SSSR count). The molecule has 0 radical (unpaired) electrons. The molecule has 1 aromatic rings. The predicted octanol–water partition coefficient (Wildman–Crippen LogP) is 3.43. The van der Waals surface area contributed by atoms with Gasteiger partial charge in [-0.1, -0.05) is 19.9 Å². The van der Waals surface area contributed by atoms with Gasteiger partial charge in [0.2, 0.25) is 0 Å². The van der Waals surface area contributed by atoms with Crippen molar-refractivity contribution in [2.45, 2.75) is 46.1 Å². The molecular weight excluding hydrogens is 518 g/mol. The fraction of sp³-hybridized carbons (Fsp3) is 0.667. The molecule has 1 fully saturated rings. The van der Waals surface area contributed by atoms with Gasteiger partial charge in [0.25, 0.3) is 0 Å². The lowest BCUT2D eigenvalue weighted by molar-refractivity contribution is 0.364. The average molecular weight is 555 g/mol. The van der Waals surface area contributed by atoms with Gasteiger partial charge in [-0.2, -0.15) is 0 Å². The maximum absolute atomic E-state index is 13.6. The van der Waals surface area contributed by atoms with E-state index in [1.165, 1.54) is 12.3 Å². The quantitative estimate of drug-likeness (QED) is 0.293. The molecule has 30 heavy (non-hydrogen) atoms. The van der Waals surface area contributed by atoms with Crippen LogP contribution in [0.5, 0.6) is 0 Å². The van der Waals surface area contributed by atoms with Crippen molar-refractivity contribution in [1.82, 2.24) is 10.6 Å². The lowest BCUT2D eigenvalue weighted by atomic mass is 9.90. The monoisotopic (exact) mass is 554 g/mol. The molecule has 2 N–H and O–H groups in total. The Bertz CT molecular complexity index is 802. The minimum Gasteiger partial charge on any atom is -0.369 e. The van der Waals surface area contributed by atoms with Crippen molar-refractivity contribution < 1.29 is 12.8 Å². The van der Waals surface area contributed by atoms with Crippen LogP contribution < -0.4 is 15.5 Å². The summed E-state index contributed by atoms with van der Waals surface area (Å²) in [4.78, 5) is 6.91. The van der Waals surface area contributed by atoms with Crippen LogP contribution in [0, 0.1) is 11.2 Å². The minimum absolute atomic E-state index is 0. The Kier molecular flexibility index (Phi) is 10.8. The topological polar surface area (TPSA) is 73.8 Å². The molecule has 1 heterocycles. The summed E-state index contributed by atoms with van der Waals surface area (Å²) in [6, 6.07) is 6.93. The number of nitrogens with zero attached hydrogens (tertiary/aromatic N) is 2. The summed E-state index contributed by atoms with van der Waals surface area (Å²) in [5.74, 6) is 0.694. The lowest BCUT2D eigenvalue weighted by Crippen LogP contribution is -2.51. The van der Waals surface area contributed by atoms with Crippen molar-refractivity contribution >= 4 is 45.5 Å². The van der Waals surface area contributed by atoms with E-state index in [0.717, 1.165) is 44.1 Å². The Morgan fingerprint density at radius 1 is 1.37 bits per heavy atom. The van der Waals surface area contributed by atoms with Gasteiger partial charge in [-0.15, -0.1) is 24.0 Å². The normalized spacial score (nSPS) is 18.0. The van der Waals surface area contributed by atoms with E-state index in [4.69, 9.17) is 4.99 Å². The van der Waals surface area contributed by atoms with Crippen LogP contribution in [-0.4, -0.2) is 58.6 Å². The molecule has 0 aliphatic carbocycles. The maximum Gasteiger partial charge on any atom is 0.191 e. The van der Waals surface area contributed by atoms with Gasteiger partial charge < -0.3 is 15.5 Å². The second-order valence-corrected chi connectivity index (χ2v) is 10.9. The molecule has 0 aromatic heterocycles. The molecule has 0 spiro atoms. The predicted molar refractivity (Wildman–Crippen MR) is 134 cm³/mol. The second-order valence-electron chi connectivity index (χ2n) is 8.65. The zero-order valence-electron chi connectivity index (χ0n) is 18.4. The number of hydrogen-bond acceptors (Lipinski definition) is 4. The second kappa shape index (κ2) is 12.1. The highest BCUT2D eigenvalue weighted by Gasteiger charge is 2.23. The molecule has 1 saturated heterocycles. The van der Waals surface area contributed by atoms with Crippen LogP contribution in [0.15, 0.2) is 29.3 Å². The molecule has 1 aliphatic rings. The third kappa shape index (κ3) is 9.80. The Morgan fingerprint density at radius 3 is 2.73 bits per heavy atom. The zero-order chi connectivity index (χ0) is 21.5. The lowest BCUT2D eigenvalue weighted by Gasteiger charge is -2.35. The van der Waals surface area contributed by atoms with Gasteiger partial charge in [0.15, 0.2) is 5.96 Å². The third-order valence-electron chi connectivity index (χ3n) is 5.09. The van der Waals surface area contributed by atoms with E-state index in [1.54, 1.807) is 12.1 Å². The van der Waals surface area contributed by atoms with Gasteiger partial charge in [-0.3, -0.25) is 4.99 Å². The highest BCUT2D eigenvalue weighted by atomic mass is 127. The van der Waals surface area contributed by atoms with E-state index < -0.39 is 9.84 Å². The van der Waals surface area contributed by atoms with E-state index in [-0.39, 0.29) is 47.0 Å². The number of rotatable bonds is 8. The number of hydrogen-bond donors (Lipinski definition) is 2. The Labute approximate surface area is 198 Å². The number of sulfone groups is 1. The summed E-state index contributed by atoms with van der Waals surface area (Å²) < 4.78 is 36.5. The minimum atomic E-state index is -2.98. The Hall–Kier alpha value is -1.10. The Balaban J connectivity index is 0.00000450. The first-order valence-corrected chi connectivity index (χ1v) is 12.4. The van der Waals surface area contributed by atoms with Crippen molar-refractivity contribution in [3.63, 3.8) is 0 Å². The van der Waals surface area contributed by atoms with Crippen molar-refractivity contribution in [3.05, 3.63) is 30.1 Å². The smallest absolute Gasteiger partial charge is 0.191 e. The van der Waals surface area contributed by atoms with Crippen LogP contribution in [0.3, 0.4) is 0 Å². The SMILES string of the molecule is CCNC(=NCC(C)(C)CCS(C)(=O)=O)NC1CCCN(c2cccc(F)c2)C1.I. The molecule has 9 heteroatoms. The summed E-state index contributed by atoms with van der Waals surface area (Å²) in [5.41, 5.74) is 0.700. The van der Waals surface area contributed by atoms with E-state index >= 15 is 0 Å². The number of benzene rings is 1. The number of piperidine rings is 1. The maximum atomic E-state index is 13.6.